The van der Waals surface area contributed by atoms with Crippen molar-refractivity contribution in [3.63, 3.8) is 0 Å². The molecule has 22 heavy (non-hydrogen) atoms. The molecule has 3 rings (SSSR count). The van der Waals surface area contributed by atoms with Crippen molar-refractivity contribution in [2.45, 2.75) is 32.6 Å². The number of piperidine rings is 1. The molecule has 0 atom stereocenters. The monoisotopic (exact) mass is 364 g/mol. The number of carbonyl (C=O) groups excluding carboxylic acids is 2. The smallest absolute Gasteiger partial charge is 0.240 e. The number of halogens is 1. The molecule has 4 nitrogen and oxygen atoms in total. The van der Waals surface area contributed by atoms with E-state index >= 15 is 0 Å². The van der Waals surface area contributed by atoms with Crippen LogP contribution in [0.15, 0.2) is 28.7 Å². The van der Waals surface area contributed by atoms with Gasteiger partial charge in [0.2, 0.25) is 11.8 Å². The van der Waals surface area contributed by atoms with Gasteiger partial charge in [0.1, 0.15) is 5.41 Å². The van der Waals surface area contributed by atoms with Crippen molar-refractivity contribution in [3.8, 4) is 0 Å². The average molecular weight is 365 g/mol. The Balaban J connectivity index is 1.66. The molecule has 1 aliphatic carbocycles. The lowest BCUT2D eigenvalue weighted by Crippen LogP contribution is -2.46. The molecule has 1 aromatic carbocycles. The van der Waals surface area contributed by atoms with Gasteiger partial charge in [-0.3, -0.25) is 9.59 Å². The summed E-state index contributed by atoms with van der Waals surface area (Å²) >= 11 is 3.37. The first-order chi connectivity index (χ1) is 10.5. The summed E-state index contributed by atoms with van der Waals surface area (Å²) in [5, 5.41) is 2.89. The van der Waals surface area contributed by atoms with E-state index in [1.54, 1.807) is 0 Å². The fraction of sp³-hybridized carbons (Fsp3) is 0.529. The maximum absolute atomic E-state index is 12.7. The fourth-order valence-corrected chi connectivity index (χ4v) is 3.23. The molecule has 1 aromatic rings. The molecule has 2 fully saturated rings. The van der Waals surface area contributed by atoms with Crippen molar-refractivity contribution in [2.75, 3.05) is 18.4 Å². The zero-order valence-corrected chi connectivity index (χ0v) is 14.4. The lowest BCUT2D eigenvalue weighted by molar-refractivity contribution is -0.143. The number of hydrogen-bond donors (Lipinski definition) is 1. The van der Waals surface area contributed by atoms with Gasteiger partial charge in [0, 0.05) is 23.2 Å². The molecule has 1 aliphatic heterocycles. The molecular weight excluding hydrogens is 344 g/mol. The minimum atomic E-state index is -0.812. The van der Waals surface area contributed by atoms with E-state index in [2.05, 4.69) is 28.2 Å². The Kier molecular flexibility index (Phi) is 4.26. The van der Waals surface area contributed by atoms with Crippen molar-refractivity contribution in [1.82, 2.24) is 4.90 Å². The second-order valence-electron chi connectivity index (χ2n) is 6.52. The second-order valence-corrected chi connectivity index (χ2v) is 7.43. The number of nitrogens with zero attached hydrogens (tertiary/aromatic N) is 1. The first-order valence-corrected chi connectivity index (χ1v) is 8.67. The van der Waals surface area contributed by atoms with Crippen molar-refractivity contribution in [2.24, 2.45) is 11.3 Å². The van der Waals surface area contributed by atoms with Crippen molar-refractivity contribution in [3.05, 3.63) is 28.7 Å². The summed E-state index contributed by atoms with van der Waals surface area (Å²) < 4.78 is 0.963. The summed E-state index contributed by atoms with van der Waals surface area (Å²) in [6.45, 7) is 3.79. The molecule has 2 aliphatic rings. The quantitative estimate of drug-likeness (QED) is 0.835. The summed E-state index contributed by atoms with van der Waals surface area (Å²) in [6.07, 6.45) is 3.41. The van der Waals surface area contributed by atoms with Gasteiger partial charge in [-0.25, -0.2) is 0 Å². The largest absolute Gasteiger partial charge is 0.342 e. The van der Waals surface area contributed by atoms with E-state index in [-0.39, 0.29) is 11.8 Å². The first kappa shape index (κ1) is 15.5. The summed E-state index contributed by atoms with van der Waals surface area (Å²) in [4.78, 5) is 27.2. The number of rotatable bonds is 3. The predicted molar refractivity (Wildman–Crippen MR) is 89.4 cm³/mol. The Labute approximate surface area is 139 Å². The summed E-state index contributed by atoms with van der Waals surface area (Å²) in [7, 11) is 0. The fourth-order valence-electron chi connectivity index (χ4n) is 2.96. The molecule has 0 radical (unpaired) electrons. The third-order valence-electron chi connectivity index (χ3n) is 4.77. The van der Waals surface area contributed by atoms with Crippen LogP contribution >= 0.6 is 15.9 Å². The molecule has 0 spiro atoms. The van der Waals surface area contributed by atoms with Gasteiger partial charge in [-0.1, -0.05) is 22.9 Å². The van der Waals surface area contributed by atoms with Crippen LogP contribution in [-0.2, 0) is 9.59 Å². The molecule has 5 heteroatoms. The standard InChI is InChI=1S/C17H21BrN2O2/c1-12-6-10-20(11-7-12)16(22)17(8-9-17)15(21)19-14-4-2-13(18)3-5-14/h2-5,12H,6-11H2,1H3,(H,19,21). The summed E-state index contributed by atoms with van der Waals surface area (Å²) in [5.41, 5.74) is -0.0762. The Morgan fingerprint density at radius 1 is 1.18 bits per heavy atom. The maximum atomic E-state index is 12.7. The van der Waals surface area contributed by atoms with E-state index in [9.17, 15) is 9.59 Å². The molecule has 118 valence electrons. The summed E-state index contributed by atoms with van der Waals surface area (Å²) in [5.74, 6) is 0.545. The van der Waals surface area contributed by atoms with Crippen LogP contribution in [0, 0.1) is 11.3 Å². The molecule has 1 N–H and O–H groups in total. The first-order valence-electron chi connectivity index (χ1n) is 7.88. The number of nitrogens with one attached hydrogen (secondary N) is 1. The molecule has 0 bridgehead atoms. The lowest BCUT2D eigenvalue weighted by atomic mass is 9.96. The van der Waals surface area contributed by atoms with Crippen molar-refractivity contribution >= 4 is 33.4 Å². The van der Waals surface area contributed by atoms with Crippen LogP contribution in [0.3, 0.4) is 0 Å². The second kappa shape index (κ2) is 6.03. The van der Waals surface area contributed by atoms with Gasteiger partial charge in [0.15, 0.2) is 0 Å². The normalized spacial score (nSPS) is 20.5. The molecule has 0 unspecified atom stereocenters. The van der Waals surface area contributed by atoms with Gasteiger partial charge >= 0.3 is 0 Å². The van der Waals surface area contributed by atoms with Crippen LogP contribution in [0.2, 0.25) is 0 Å². The van der Waals surface area contributed by atoms with Gasteiger partial charge in [-0.05, 0) is 55.9 Å². The van der Waals surface area contributed by atoms with Crippen LogP contribution < -0.4 is 5.32 Å². The van der Waals surface area contributed by atoms with Crippen molar-refractivity contribution in [1.29, 1.82) is 0 Å². The van der Waals surface area contributed by atoms with Gasteiger partial charge in [-0.2, -0.15) is 0 Å². The molecule has 1 heterocycles. The minimum absolute atomic E-state index is 0.0222. The number of carbonyl (C=O) groups is 2. The number of benzene rings is 1. The van der Waals surface area contributed by atoms with E-state index in [1.807, 2.05) is 29.2 Å². The molecule has 2 amide bonds. The zero-order valence-electron chi connectivity index (χ0n) is 12.8. The third-order valence-corrected chi connectivity index (χ3v) is 5.30. The highest BCUT2D eigenvalue weighted by atomic mass is 79.9. The number of likely N-dealkylation sites (tertiary alicyclic amines) is 1. The van der Waals surface area contributed by atoms with Gasteiger partial charge in [0.05, 0.1) is 0 Å². The van der Waals surface area contributed by atoms with Crippen LogP contribution in [0.1, 0.15) is 32.6 Å². The van der Waals surface area contributed by atoms with Crippen molar-refractivity contribution < 1.29 is 9.59 Å². The lowest BCUT2D eigenvalue weighted by Gasteiger charge is -2.32. The number of amides is 2. The Morgan fingerprint density at radius 3 is 2.32 bits per heavy atom. The Bertz CT molecular complexity index is 573. The van der Waals surface area contributed by atoms with E-state index in [0.717, 1.165) is 36.1 Å². The van der Waals surface area contributed by atoms with Gasteiger partial charge < -0.3 is 10.2 Å². The highest BCUT2D eigenvalue weighted by Crippen LogP contribution is 2.48. The zero-order chi connectivity index (χ0) is 15.7. The highest BCUT2D eigenvalue weighted by molar-refractivity contribution is 9.10. The number of anilines is 1. The van der Waals surface area contributed by atoms with Crippen LogP contribution in [0.5, 0.6) is 0 Å². The molecule has 0 aromatic heterocycles. The molecular formula is C17H21BrN2O2. The Hall–Kier alpha value is -1.36. The van der Waals surface area contributed by atoms with E-state index < -0.39 is 5.41 Å². The molecule has 1 saturated carbocycles. The van der Waals surface area contributed by atoms with Gasteiger partial charge in [-0.15, -0.1) is 0 Å². The minimum Gasteiger partial charge on any atom is -0.342 e. The highest BCUT2D eigenvalue weighted by Gasteiger charge is 2.58. The van der Waals surface area contributed by atoms with E-state index in [1.165, 1.54) is 0 Å². The average Bonchev–Trinajstić information content (AvgIpc) is 3.31. The van der Waals surface area contributed by atoms with Crippen LogP contribution in [0.4, 0.5) is 5.69 Å². The van der Waals surface area contributed by atoms with E-state index in [4.69, 9.17) is 0 Å². The predicted octanol–water partition coefficient (Wildman–Crippen LogP) is 3.43. The van der Waals surface area contributed by atoms with Gasteiger partial charge in [0.25, 0.3) is 0 Å². The van der Waals surface area contributed by atoms with Crippen LogP contribution in [-0.4, -0.2) is 29.8 Å². The summed E-state index contributed by atoms with van der Waals surface area (Å²) in [6, 6.07) is 7.43. The topological polar surface area (TPSA) is 49.4 Å². The molecule has 1 saturated heterocycles. The number of hydrogen-bond acceptors (Lipinski definition) is 2. The maximum Gasteiger partial charge on any atom is 0.240 e. The third kappa shape index (κ3) is 3.05. The Morgan fingerprint density at radius 2 is 1.77 bits per heavy atom. The van der Waals surface area contributed by atoms with E-state index in [0.29, 0.717) is 18.8 Å². The van der Waals surface area contributed by atoms with Crippen LogP contribution in [0.25, 0.3) is 0 Å². The SMILES string of the molecule is CC1CCN(C(=O)C2(C(=O)Nc3ccc(Br)cc3)CC2)CC1.